The van der Waals surface area contributed by atoms with Crippen molar-refractivity contribution in [1.82, 2.24) is 19.7 Å². The molecule has 0 aliphatic carbocycles. The van der Waals surface area contributed by atoms with Gasteiger partial charge in [-0.05, 0) is 24.3 Å². The van der Waals surface area contributed by atoms with Gasteiger partial charge < -0.3 is 15.2 Å². The van der Waals surface area contributed by atoms with Gasteiger partial charge in [0, 0.05) is 36.2 Å². The Bertz CT molecular complexity index is 901. The van der Waals surface area contributed by atoms with E-state index in [1.165, 1.54) is 28.8 Å². The van der Waals surface area contributed by atoms with Crippen LogP contribution < -0.4 is 5.73 Å². The number of nitrogens with zero attached hydrogens (tertiary/aromatic N) is 4. The van der Waals surface area contributed by atoms with Gasteiger partial charge in [-0.1, -0.05) is 0 Å². The molecular formula is C17H17F6N5OS. The minimum Gasteiger partial charge on any atom is -0.333 e. The summed E-state index contributed by atoms with van der Waals surface area (Å²) >= 11 is 1.34. The second kappa shape index (κ2) is 8.46. The van der Waals surface area contributed by atoms with Crippen molar-refractivity contribution in [1.29, 1.82) is 0 Å². The summed E-state index contributed by atoms with van der Waals surface area (Å²) in [6.07, 6.45) is -5.84. The molecule has 0 bridgehead atoms. The molecule has 0 spiro atoms. The third kappa shape index (κ3) is 4.72. The third-order valence-corrected chi connectivity index (χ3v) is 5.66. The zero-order chi connectivity index (χ0) is 22.1. The van der Waals surface area contributed by atoms with Crippen LogP contribution in [0.2, 0.25) is 0 Å². The number of hydrogen-bond acceptors (Lipinski definition) is 5. The SMILES string of the molecule is N[C@H](CSc1ccc(F)cc1)CC(=O)N1CCn2c(nnc2C(F)(F)C(F)(F)F)C1. The van der Waals surface area contributed by atoms with E-state index in [0.29, 0.717) is 10.3 Å². The van der Waals surface area contributed by atoms with Gasteiger partial charge in [0.15, 0.2) is 5.82 Å². The Hall–Kier alpha value is -2.28. The van der Waals surface area contributed by atoms with Gasteiger partial charge in [-0.3, -0.25) is 4.79 Å². The first-order valence-electron chi connectivity index (χ1n) is 8.78. The molecule has 0 saturated carbocycles. The molecule has 1 atom stereocenters. The number of alkyl halides is 5. The number of nitrogens with two attached hydrogens (primary N) is 1. The number of amides is 1. The van der Waals surface area contributed by atoms with Crippen LogP contribution in [0.3, 0.4) is 0 Å². The summed E-state index contributed by atoms with van der Waals surface area (Å²) in [5.74, 6) is -7.13. The predicted octanol–water partition coefficient (Wildman–Crippen LogP) is 2.92. The Labute approximate surface area is 171 Å². The molecule has 13 heteroatoms. The molecule has 6 nitrogen and oxygen atoms in total. The van der Waals surface area contributed by atoms with Crippen molar-refractivity contribution in [2.45, 2.75) is 42.5 Å². The summed E-state index contributed by atoms with van der Waals surface area (Å²) in [5.41, 5.74) is 5.96. The lowest BCUT2D eigenvalue weighted by Crippen LogP contribution is -2.43. The Morgan fingerprint density at radius 1 is 1.13 bits per heavy atom. The summed E-state index contributed by atoms with van der Waals surface area (Å²) in [6, 6.07) is 5.25. The van der Waals surface area contributed by atoms with Crippen LogP contribution in [0, 0.1) is 5.82 Å². The van der Waals surface area contributed by atoms with Crippen molar-refractivity contribution in [2.24, 2.45) is 5.73 Å². The Morgan fingerprint density at radius 3 is 2.43 bits per heavy atom. The van der Waals surface area contributed by atoms with E-state index in [2.05, 4.69) is 10.2 Å². The number of benzene rings is 1. The number of halogens is 6. The highest BCUT2D eigenvalue weighted by Crippen LogP contribution is 2.43. The fraction of sp³-hybridized carbons (Fsp3) is 0.471. The van der Waals surface area contributed by atoms with Gasteiger partial charge in [0.1, 0.15) is 5.82 Å². The number of rotatable bonds is 6. The van der Waals surface area contributed by atoms with Gasteiger partial charge in [-0.25, -0.2) is 4.39 Å². The first-order valence-corrected chi connectivity index (χ1v) is 9.76. The molecule has 1 aliphatic rings. The number of carbonyl (C=O) groups excluding carboxylic acids is 1. The Morgan fingerprint density at radius 2 is 1.80 bits per heavy atom. The van der Waals surface area contributed by atoms with Crippen LogP contribution in [-0.4, -0.2) is 50.1 Å². The maximum atomic E-state index is 13.6. The fourth-order valence-corrected chi connectivity index (χ4v) is 3.73. The quantitative estimate of drug-likeness (QED) is 0.538. The summed E-state index contributed by atoms with van der Waals surface area (Å²) in [6.45, 7) is -0.588. The van der Waals surface area contributed by atoms with Gasteiger partial charge in [-0.15, -0.1) is 22.0 Å². The summed E-state index contributed by atoms with van der Waals surface area (Å²) < 4.78 is 78.6. The molecule has 1 amide bonds. The summed E-state index contributed by atoms with van der Waals surface area (Å²) in [7, 11) is 0. The van der Waals surface area contributed by atoms with Crippen LogP contribution in [0.1, 0.15) is 18.1 Å². The second-order valence-electron chi connectivity index (χ2n) is 6.71. The zero-order valence-electron chi connectivity index (χ0n) is 15.4. The maximum absolute atomic E-state index is 13.6. The highest BCUT2D eigenvalue weighted by atomic mass is 32.2. The molecule has 1 aromatic heterocycles. The van der Waals surface area contributed by atoms with Gasteiger partial charge in [0.2, 0.25) is 11.7 Å². The molecule has 1 aromatic carbocycles. The molecule has 164 valence electrons. The number of thioether (sulfide) groups is 1. The van der Waals surface area contributed by atoms with E-state index in [0.717, 1.165) is 4.90 Å². The average Bonchev–Trinajstić information content (AvgIpc) is 3.10. The van der Waals surface area contributed by atoms with Crippen molar-refractivity contribution >= 4 is 17.7 Å². The summed E-state index contributed by atoms with van der Waals surface area (Å²) in [4.78, 5) is 14.5. The van der Waals surface area contributed by atoms with Crippen molar-refractivity contribution in [3.05, 3.63) is 41.7 Å². The lowest BCUT2D eigenvalue weighted by Gasteiger charge is -2.29. The molecule has 30 heavy (non-hydrogen) atoms. The van der Waals surface area contributed by atoms with Gasteiger partial charge in [0.25, 0.3) is 0 Å². The van der Waals surface area contributed by atoms with Gasteiger partial charge in [-0.2, -0.15) is 22.0 Å². The van der Waals surface area contributed by atoms with Crippen LogP contribution in [0.15, 0.2) is 29.2 Å². The number of hydrogen-bond donors (Lipinski definition) is 1. The van der Waals surface area contributed by atoms with E-state index in [9.17, 15) is 31.1 Å². The lowest BCUT2D eigenvalue weighted by molar-refractivity contribution is -0.293. The van der Waals surface area contributed by atoms with E-state index in [1.807, 2.05) is 0 Å². The normalized spacial score (nSPS) is 15.8. The fourth-order valence-electron chi connectivity index (χ4n) is 2.88. The van der Waals surface area contributed by atoms with E-state index < -0.39 is 24.0 Å². The lowest BCUT2D eigenvalue weighted by atomic mass is 10.2. The van der Waals surface area contributed by atoms with Crippen molar-refractivity contribution in [3.63, 3.8) is 0 Å². The van der Waals surface area contributed by atoms with Crippen molar-refractivity contribution in [2.75, 3.05) is 12.3 Å². The molecule has 3 rings (SSSR count). The maximum Gasteiger partial charge on any atom is 0.461 e. The summed E-state index contributed by atoms with van der Waals surface area (Å²) in [5, 5.41) is 6.41. The molecule has 0 fully saturated rings. The molecule has 1 aliphatic heterocycles. The van der Waals surface area contributed by atoms with E-state index >= 15 is 0 Å². The van der Waals surface area contributed by atoms with Crippen LogP contribution in [0.4, 0.5) is 26.3 Å². The monoisotopic (exact) mass is 453 g/mol. The van der Waals surface area contributed by atoms with E-state index in [-0.39, 0.29) is 43.6 Å². The minimum atomic E-state index is -5.79. The Balaban J connectivity index is 1.57. The standard InChI is InChI=1S/C17H17F6N5OS/c18-10-1-3-12(4-2-10)30-9-11(24)7-14(29)27-5-6-28-13(8-27)25-26-15(28)16(19,20)17(21,22)23/h1-4,11H,5-9,24H2/t11-/m0/s1. The van der Waals surface area contributed by atoms with Gasteiger partial charge in [0.05, 0.1) is 6.54 Å². The number of aromatic nitrogens is 3. The van der Waals surface area contributed by atoms with E-state index in [1.54, 1.807) is 12.1 Å². The predicted molar refractivity (Wildman–Crippen MR) is 95.1 cm³/mol. The molecule has 2 N–H and O–H groups in total. The number of carbonyl (C=O) groups is 1. The average molecular weight is 453 g/mol. The van der Waals surface area contributed by atoms with Crippen molar-refractivity contribution < 1.29 is 31.1 Å². The molecule has 0 radical (unpaired) electrons. The number of fused-ring (bicyclic) bond motifs is 1. The molecular weight excluding hydrogens is 436 g/mol. The van der Waals surface area contributed by atoms with Crippen LogP contribution in [0.5, 0.6) is 0 Å². The van der Waals surface area contributed by atoms with Crippen molar-refractivity contribution in [3.8, 4) is 0 Å². The highest BCUT2D eigenvalue weighted by Gasteiger charge is 2.62. The highest BCUT2D eigenvalue weighted by molar-refractivity contribution is 7.99. The minimum absolute atomic E-state index is 0.0477. The smallest absolute Gasteiger partial charge is 0.333 e. The molecule has 0 unspecified atom stereocenters. The molecule has 2 aromatic rings. The second-order valence-corrected chi connectivity index (χ2v) is 7.80. The largest absolute Gasteiger partial charge is 0.461 e. The third-order valence-electron chi connectivity index (χ3n) is 4.46. The molecule has 0 saturated heterocycles. The van der Waals surface area contributed by atoms with Crippen LogP contribution in [-0.2, 0) is 23.8 Å². The van der Waals surface area contributed by atoms with Crippen LogP contribution in [0.25, 0.3) is 0 Å². The van der Waals surface area contributed by atoms with Crippen LogP contribution >= 0.6 is 11.8 Å². The Kier molecular flexibility index (Phi) is 6.32. The molecule has 2 heterocycles. The van der Waals surface area contributed by atoms with Gasteiger partial charge >= 0.3 is 12.1 Å². The first kappa shape index (κ1) is 22.4. The first-order chi connectivity index (χ1) is 14.0. The topological polar surface area (TPSA) is 77.0 Å². The van der Waals surface area contributed by atoms with E-state index in [4.69, 9.17) is 5.73 Å². The zero-order valence-corrected chi connectivity index (χ0v) is 16.2.